The summed E-state index contributed by atoms with van der Waals surface area (Å²) in [5.41, 5.74) is -0.236. The van der Waals surface area contributed by atoms with Crippen LogP contribution in [0.3, 0.4) is 0 Å². The maximum Gasteiger partial charge on any atom is 0.414 e. The SMILES string of the molecule is O=C(OC1CCCCC1)[C@H]1C=CN(C(=O)OC23CC4CC(CC(C4)C2)C3)C1. The Hall–Kier alpha value is -1.52. The van der Waals surface area contributed by atoms with Crippen LogP contribution in [0.2, 0.25) is 0 Å². The molecule has 0 aromatic carbocycles. The number of amides is 1. The molecule has 27 heavy (non-hydrogen) atoms. The van der Waals surface area contributed by atoms with Crippen molar-refractivity contribution in [2.24, 2.45) is 23.7 Å². The van der Waals surface area contributed by atoms with Gasteiger partial charge in [-0.05, 0) is 82.0 Å². The summed E-state index contributed by atoms with van der Waals surface area (Å²) in [5, 5.41) is 0. The molecule has 1 atom stereocenters. The van der Waals surface area contributed by atoms with Crippen molar-refractivity contribution in [3.05, 3.63) is 12.3 Å². The van der Waals surface area contributed by atoms with Gasteiger partial charge in [0.05, 0.1) is 5.92 Å². The molecule has 6 rings (SSSR count). The maximum atomic E-state index is 12.8. The Morgan fingerprint density at radius 3 is 2.19 bits per heavy atom. The molecule has 0 unspecified atom stereocenters. The predicted octanol–water partition coefficient (Wildman–Crippen LogP) is 4.41. The first kappa shape index (κ1) is 17.6. The van der Waals surface area contributed by atoms with Crippen LogP contribution in [0.4, 0.5) is 4.79 Å². The Morgan fingerprint density at radius 1 is 0.926 bits per heavy atom. The Kier molecular flexibility index (Phi) is 4.44. The van der Waals surface area contributed by atoms with Crippen LogP contribution in [-0.4, -0.2) is 35.2 Å². The number of carbonyl (C=O) groups is 2. The van der Waals surface area contributed by atoms with E-state index in [2.05, 4.69) is 0 Å². The molecule has 0 aromatic heterocycles. The van der Waals surface area contributed by atoms with E-state index in [0.29, 0.717) is 6.54 Å². The molecule has 0 saturated heterocycles. The van der Waals surface area contributed by atoms with Gasteiger partial charge in [-0.25, -0.2) is 4.79 Å². The fourth-order valence-electron chi connectivity index (χ4n) is 6.66. The minimum absolute atomic E-state index is 0.0627. The Bertz CT molecular complexity index is 601. The highest BCUT2D eigenvalue weighted by atomic mass is 16.6. The van der Waals surface area contributed by atoms with Gasteiger partial charge < -0.3 is 9.47 Å². The van der Waals surface area contributed by atoms with Gasteiger partial charge >= 0.3 is 12.1 Å². The predicted molar refractivity (Wildman–Crippen MR) is 99.7 cm³/mol. The standard InChI is InChI=1S/C22H31NO4/c24-20(26-19-4-2-1-3-5-19)18-6-7-23(14-18)21(25)27-22-11-15-8-16(12-22)10-17(9-15)13-22/h6-7,15-19H,1-5,8-14H2/t15?,16?,17?,18-,22?/m0/s1. The van der Waals surface area contributed by atoms with E-state index in [0.717, 1.165) is 62.7 Å². The van der Waals surface area contributed by atoms with E-state index in [-0.39, 0.29) is 29.7 Å². The number of hydrogen-bond acceptors (Lipinski definition) is 4. The van der Waals surface area contributed by atoms with Gasteiger partial charge in [-0.3, -0.25) is 9.69 Å². The van der Waals surface area contributed by atoms with Gasteiger partial charge in [0.1, 0.15) is 11.7 Å². The van der Waals surface area contributed by atoms with Gasteiger partial charge in [0.15, 0.2) is 0 Å². The van der Waals surface area contributed by atoms with Gasteiger partial charge in [-0.1, -0.05) is 12.5 Å². The number of rotatable bonds is 3. The molecule has 4 bridgehead atoms. The first-order valence-corrected chi connectivity index (χ1v) is 11.0. The second kappa shape index (κ2) is 6.82. The van der Waals surface area contributed by atoms with E-state index in [9.17, 15) is 9.59 Å². The molecule has 0 N–H and O–H groups in total. The number of carbonyl (C=O) groups excluding carboxylic acids is 2. The average Bonchev–Trinajstić information content (AvgIpc) is 3.11. The van der Waals surface area contributed by atoms with Crippen molar-refractivity contribution in [3.63, 3.8) is 0 Å². The molecule has 1 aliphatic heterocycles. The third-order valence-corrected chi connectivity index (χ3v) is 7.55. The summed E-state index contributed by atoms with van der Waals surface area (Å²) in [4.78, 5) is 26.8. The number of nitrogens with zero attached hydrogens (tertiary/aromatic N) is 1. The van der Waals surface area contributed by atoms with Crippen LogP contribution >= 0.6 is 0 Å². The second-order valence-electron chi connectivity index (χ2n) is 9.77. The largest absolute Gasteiger partial charge is 0.462 e. The molecule has 0 spiro atoms. The lowest BCUT2D eigenvalue weighted by Crippen LogP contribution is -2.53. The van der Waals surface area contributed by atoms with Crippen molar-refractivity contribution in [3.8, 4) is 0 Å². The number of esters is 1. The monoisotopic (exact) mass is 373 g/mol. The lowest BCUT2D eigenvalue weighted by atomic mass is 9.54. The lowest BCUT2D eigenvalue weighted by Gasteiger charge is -2.55. The number of ether oxygens (including phenoxy) is 2. The summed E-state index contributed by atoms with van der Waals surface area (Å²) in [6, 6.07) is 0. The molecule has 5 heteroatoms. The van der Waals surface area contributed by atoms with Crippen LogP contribution in [0.15, 0.2) is 12.3 Å². The van der Waals surface area contributed by atoms with Gasteiger partial charge in [0.25, 0.3) is 0 Å². The summed E-state index contributed by atoms with van der Waals surface area (Å²) < 4.78 is 11.8. The van der Waals surface area contributed by atoms with Gasteiger partial charge in [-0.15, -0.1) is 0 Å². The molecule has 5 saturated carbocycles. The molecule has 5 fully saturated rings. The smallest absolute Gasteiger partial charge is 0.414 e. The fourth-order valence-corrected chi connectivity index (χ4v) is 6.66. The molecule has 5 aliphatic carbocycles. The van der Waals surface area contributed by atoms with E-state index in [1.165, 1.54) is 25.7 Å². The van der Waals surface area contributed by atoms with Crippen molar-refractivity contribution in [1.82, 2.24) is 4.90 Å². The molecular formula is C22H31NO4. The average molecular weight is 373 g/mol. The van der Waals surface area contributed by atoms with Crippen LogP contribution in [0.1, 0.15) is 70.6 Å². The highest BCUT2D eigenvalue weighted by molar-refractivity contribution is 5.78. The van der Waals surface area contributed by atoms with Gasteiger partial charge in [-0.2, -0.15) is 0 Å². The zero-order valence-corrected chi connectivity index (χ0v) is 16.1. The first-order valence-electron chi connectivity index (χ1n) is 11.0. The summed E-state index contributed by atoms with van der Waals surface area (Å²) in [6.45, 7) is 0.358. The summed E-state index contributed by atoms with van der Waals surface area (Å²) in [5.74, 6) is 1.70. The summed E-state index contributed by atoms with van der Waals surface area (Å²) in [7, 11) is 0. The van der Waals surface area contributed by atoms with Crippen LogP contribution in [0.25, 0.3) is 0 Å². The summed E-state index contributed by atoms with van der Waals surface area (Å²) in [6.07, 6.45) is 15.9. The highest BCUT2D eigenvalue weighted by Gasteiger charge is 2.53. The van der Waals surface area contributed by atoms with Crippen LogP contribution < -0.4 is 0 Å². The quantitative estimate of drug-likeness (QED) is 0.688. The minimum Gasteiger partial charge on any atom is -0.462 e. The van der Waals surface area contributed by atoms with Crippen molar-refractivity contribution in [2.45, 2.75) is 82.3 Å². The van der Waals surface area contributed by atoms with Gasteiger partial charge in [0, 0.05) is 12.7 Å². The Labute approximate surface area is 161 Å². The van der Waals surface area contributed by atoms with E-state index in [1.54, 1.807) is 17.2 Å². The Balaban J connectivity index is 1.15. The third kappa shape index (κ3) is 3.50. The van der Waals surface area contributed by atoms with E-state index in [1.807, 2.05) is 0 Å². The van der Waals surface area contributed by atoms with E-state index < -0.39 is 0 Å². The molecule has 6 aliphatic rings. The second-order valence-corrected chi connectivity index (χ2v) is 9.77. The molecule has 0 aromatic rings. The van der Waals surface area contributed by atoms with Crippen molar-refractivity contribution < 1.29 is 19.1 Å². The highest BCUT2D eigenvalue weighted by Crippen LogP contribution is 2.57. The summed E-state index contributed by atoms with van der Waals surface area (Å²) >= 11 is 0. The van der Waals surface area contributed by atoms with E-state index >= 15 is 0 Å². The molecule has 1 amide bonds. The molecular weight excluding hydrogens is 342 g/mol. The zero-order valence-electron chi connectivity index (χ0n) is 16.1. The first-order chi connectivity index (χ1) is 13.1. The van der Waals surface area contributed by atoms with Crippen molar-refractivity contribution in [1.29, 1.82) is 0 Å². The van der Waals surface area contributed by atoms with E-state index in [4.69, 9.17) is 9.47 Å². The minimum atomic E-state index is -0.351. The fraction of sp³-hybridized carbons (Fsp3) is 0.818. The van der Waals surface area contributed by atoms with Crippen LogP contribution in [0.5, 0.6) is 0 Å². The topological polar surface area (TPSA) is 55.8 Å². The molecule has 0 radical (unpaired) electrons. The maximum absolute atomic E-state index is 12.8. The van der Waals surface area contributed by atoms with Crippen LogP contribution in [-0.2, 0) is 14.3 Å². The molecule has 1 heterocycles. The van der Waals surface area contributed by atoms with Gasteiger partial charge in [0.2, 0.25) is 0 Å². The lowest BCUT2D eigenvalue weighted by molar-refractivity contribution is -0.153. The van der Waals surface area contributed by atoms with Crippen molar-refractivity contribution >= 4 is 12.1 Å². The molecule has 148 valence electrons. The number of hydrogen-bond donors (Lipinski definition) is 0. The normalized spacial score (nSPS) is 40.4. The molecule has 5 nitrogen and oxygen atoms in total. The zero-order chi connectivity index (χ0) is 18.4. The van der Waals surface area contributed by atoms with Crippen molar-refractivity contribution in [2.75, 3.05) is 6.54 Å². The Morgan fingerprint density at radius 2 is 1.56 bits per heavy atom. The third-order valence-electron chi connectivity index (χ3n) is 7.55. The van der Waals surface area contributed by atoms with Crippen LogP contribution in [0, 0.1) is 23.7 Å².